The normalized spacial score (nSPS) is 18.8. The highest BCUT2D eigenvalue weighted by Gasteiger charge is 2.40. The Morgan fingerprint density at radius 1 is 1.41 bits per heavy atom. The van der Waals surface area contributed by atoms with Gasteiger partial charge >= 0.3 is 23.9 Å². The number of hydrogen-bond acceptors (Lipinski definition) is 6. The van der Waals surface area contributed by atoms with Crippen LogP contribution in [0.1, 0.15) is 6.42 Å². The molecule has 0 amide bonds. The Hall–Kier alpha value is -2.44. The van der Waals surface area contributed by atoms with Crippen LogP contribution in [0.25, 0.3) is 0 Å². The van der Waals surface area contributed by atoms with Gasteiger partial charge in [0.2, 0.25) is 6.10 Å². The molecule has 0 aliphatic carbocycles. The van der Waals surface area contributed by atoms with Crippen molar-refractivity contribution in [1.29, 1.82) is 0 Å². The van der Waals surface area contributed by atoms with E-state index in [9.17, 15) is 19.2 Å². The molecule has 1 saturated heterocycles. The lowest BCUT2D eigenvalue weighted by Gasteiger charge is -2.07. The predicted molar refractivity (Wildman–Crippen MR) is 51.5 cm³/mol. The third-order valence-electron chi connectivity index (χ3n) is 1.90. The quantitative estimate of drug-likeness (QED) is 0.403. The fraction of sp³-hybridized carbons (Fsp3) is 0.200. The maximum Gasteiger partial charge on any atom is 0.360 e. The fourth-order valence-corrected chi connectivity index (χ4v) is 1.00. The summed E-state index contributed by atoms with van der Waals surface area (Å²) in [7, 11) is 0. The van der Waals surface area contributed by atoms with E-state index in [-0.39, 0.29) is 5.57 Å². The zero-order valence-electron chi connectivity index (χ0n) is 8.60. The minimum atomic E-state index is -1.50. The monoisotopic (exact) mass is 240 g/mol. The molecule has 1 N–H and O–H groups in total. The van der Waals surface area contributed by atoms with E-state index < -0.39 is 42.0 Å². The van der Waals surface area contributed by atoms with Crippen LogP contribution in [-0.2, 0) is 28.7 Å². The van der Waals surface area contributed by atoms with Crippen LogP contribution < -0.4 is 0 Å². The van der Waals surface area contributed by atoms with Gasteiger partial charge in [0.1, 0.15) is 0 Å². The van der Waals surface area contributed by atoms with Gasteiger partial charge in [-0.1, -0.05) is 13.2 Å². The van der Waals surface area contributed by atoms with Gasteiger partial charge in [0.25, 0.3) is 0 Å². The summed E-state index contributed by atoms with van der Waals surface area (Å²) in [5.41, 5.74) is -0.692. The molecular formula is C10H8O7. The summed E-state index contributed by atoms with van der Waals surface area (Å²) in [5, 5.41) is 8.47. The van der Waals surface area contributed by atoms with Crippen molar-refractivity contribution in [2.24, 2.45) is 0 Å². The molecule has 1 atom stereocenters. The van der Waals surface area contributed by atoms with E-state index in [1.165, 1.54) is 0 Å². The number of carboxylic acid groups (broad SMARTS) is 1. The first-order valence-electron chi connectivity index (χ1n) is 4.38. The van der Waals surface area contributed by atoms with E-state index >= 15 is 0 Å². The molecule has 7 nitrogen and oxygen atoms in total. The third kappa shape index (κ3) is 2.77. The van der Waals surface area contributed by atoms with E-state index in [0.717, 1.165) is 0 Å². The van der Waals surface area contributed by atoms with Crippen molar-refractivity contribution in [3.8, 4) is 0 Å². The SMILES string of the molecule is C=C(CC(=O)OC1C(=C)C(=O)OC1=O)C(=O)O. The lowest BCUT2D eigenvalue weighted by Crippen LogP contribution is -2.24. The van der Waals surface area contributed by atoms with Crippen LogP contribution in [0, 0.1) is 0 Å². The molecule has 0 aromatic carbocycles. The van der Waals surface area contributed by atoms with Crippen molar-refractivity contribution in [1.82, 2.24) is 0 Å². The number of aliphatic carboxylic acids is 1. The summed E-state index contributed by atoms with van der Waals surface area (Å²) < 4.78 is 8.72. The molecule has 17 heavy (non-hydrogen) atoms. The van der Waals surface area contributed by atoms with Crippen molar-refractivity contribution < 1.29 is 33.8 Å². The summed E-state index contributed by atoms with van der Waals surface area (Å²) in [5.74, 6) is -4.37. The standard InChI is InChI=1S/C10H8O7/c1-4(8(12)13)3-6(11)16-7-5(2)9(14)17-10(7)15/h7H,1-3H2,(H,12,13). The topological polar surface area (TPSA) is 107 Å². The van der Waals surface area contributed by atoms with Crippen molar-refractivity contribution >= 4 is 23.9 Å². The van der Waals surface area contributed by atoms with Gasteiger partial charge in [-0.2, -0.15) is 0 Å². The van der Waals surface area contributed by atoms with Crippen LogP contribution in [0.4, 0.5) is 0 Å². The second-order valence-corrected chi connectivity index (χ2v) is 3.19. The number of carbonyl (C=O) groups excluding carboxylic acids is 3. The van der Waals surface area contributed by atoms with Gasteiger partial charge in [0.05, 0.1) is 12.0 Å². The van der Waals surface area contributed by atoms with Crippen LogP contribution in [0.5, 0.6) is 0 Å². The Balaban J connectivity index is 2.61. The summed E-state index contributed by atoms with van der Waals surface area (Å²) >= 11 is 0. The zero-order valence-corrected chi connectivity index (χ0v) is 8.60. The van der Waals surface area contributed by atoms with E-state index in [1.807, 2.05) is 0 Å². The van der Waals surface area contributed by atoms with Gasteiger partial charge in [0.15, 0.2) is 0 Å². The Morgan fingerprint density at radius 3 is 2.41 bits per heavy atom. The number of rotatable bonds is 4. The number of ether oxygens (including phenoxy) is 2. The molecule has 1 aliphatic rings. The van der Waals surface area contributed by atoms with Gasteiger partial charge in [-0.05, 0) is 0 Å². The summed E-state index contributed by atoms with van der Waals surface area (Å²) in [4.78, 5) is 43.5. The maximum atomic E-state index is 11.2. The van der Waals surface area contributed by atoms with Crippen molar-refractivity contribution in [3.63, 3.8) is 0 Å². The Labute approximate surface area is 95.3 Å². The highest BCUT2D eigenvalue weighted by Crippen LogP contribution is 2.18. The first-order chi connectivity index (χ1) is 7.82. The average molecular weight is 240 g/mol. The van der Waals surface area contributed by atoms with Crippen LogP contribution in [0.3, 0.4) is 0 Å². The predicted octanol–water partition coefficient (Wildman–Crippen LogP) is -0.431. The van der Waals surface area contributed by atoms with E-state index in [0.29, 0.717) is 0 Å². The smallest absolute Gasteiger partial charge is 0.360 e. The molecule has 1 unspecified atom stereocenters. The molecular weight excluding hydrogens is 232 g/mol. The fourth-order valence-electron chi connectivity index (χ4n) is 1.00. The van der Waals surface area contributed by atoms with Gasteiger partial charge in [0, 0.05) is 5.57 Å². The summed E-state index contributed by atoms with van der Waals surface area (Å²) in [6.45, 7) is 6.34. The lowest BCUT2D eigenvalue weighted by atomic mass is 10.2. The van der Waals surface area contributed by atoms with Gasteiger partial charge in [-0.15, -0.1) is 0 Å². The number of carboxylic acids is 1. The second kappa shape index (κ2) is 4.60. The van der Waals surface area contributed by atoms with Gasteiger partial charge < -0.3 is 14.6 Å². The Morgan fingerprint density at radius 2 is 2.00 bits per heavy atom. The highest BCUT2D eigenvalue weighted by molar-refractivity contribution is 6.09. The third-order valence-corrected chi connectivity index (χ3v) is 1.90. The molecule has 0 aromatic heterocycles. The maximum absolute atomic E-state index is 11.2. The molecule has 0 saturated carbocycles. The van der Waals surface area contributed by atoms with Crippen LogP contribution in [0.2, 0.25) is 0 Å². The average Bonchev–Trinajstić information content (AvgIpc) is 2.45. The molecule has 1 fully saturated rings. The molecule has 90 valence electrons. The minimum absolute atomic E-state index is 0.302. The van der Waals surface area contributed by atoms with Gasteiger partial charge in [-0.25, -0.2) is 14.4 Å². The largest absolute Gasteiger partial charge is 0.478 e. The summed E-state index contributed by atoms with van der Waals surface area (Å²) in [6, 6.07) is 0. The van der Waals surface area contributed by atoms with Crippen molar-refractivity contribution in [2.45, 2.75) is 12.5 Å². The molecule has 1 aliphatic heterocycles. The van der Waals surface area contributed by atoms with E-state index in [2.05, 4.69) is 22.6 Å². The van der Waals surface area contributed by atoms with E-state index in [4.69, 9.17) is 5.11 Å². The highest BCUT2D eigenvalue weighted by atomic mass is 16.6. The van der Waals surface area contributed by atoms with Crippen LogP contribution in [0.15, 0.2) is 24.3 Å². The Kier molecular flexibility index (Phi) is 3.42. The minimum Gasteiger partial charge on any atom is -0.478 e. The van der Waals surface area contributed by atoms with Crippen LogP contribution in [-0.4, -0.2) is 35.1 Å². The van der Waals surface area contributed by atoms with E-state index in [1.54, 1.807) is 0 Å². The number of carbonyl (C=O) groups is 4. The molecule has 1 rings (SSSR count). The van der Waals surface area contributed by atoms with Crippen molar-refractivity contribution in [2.75, 3.05) is 0 Å². The molecule has 1 heterocycles. The molecule has 0 radical (unpaired) electrons. The number of cyclic esters (lactones) is 2. The van der Waals surface area contributed by atoms with Crippen LogP contribution >= 0.6 is 0 Å². The molecule has 0 aromatic rings. The number of hydrogen-bond donors (Lipinski definition) is 1. The molecule has 0 spiro atoms. The Bertz CT molecular complexity index is 446. The molecule has 7 heteroatoms. The zero-order chi connectivity index (χ0) is 13.2. The second-order valence-electron chi connectivity index (χ2n) is 3.19. The molecule has 0 bridgehead atoms. The van der Waals surface area contributed by atoms with Crippen molar-refractivity contribution in [3.05, 3.63) is 24.3 Å². The lowest BCUT2D eigenvalue weighted by molar-refractivity contribution is -0.162. The van der Waals surface area contributed by atoms with Gasteiger partial charge in [-0.3, -0.25) is 4.79 Å². The first kappa shape index (κ1) is 12.6. The first-order valence-corrected chi connectivity index (χ1v) is 4.38. The number of esters is 3. The summed E-state index contributed by atoms with van der Waals surface area (Å²) in [6.07, 6.45) is -2.10.